The van der Waals surface area contributed by atoms with E-state index in [-0.39, 0.29) is 0 Å². The molecule has 0 spiro atoms. The van der Waals surface area contributed by atoms with Crippen LogP contribution < -0.4 is 5.32 Å². The van der Waals surface area contributed by atoms with Gasteiger partial charge in [-0.3, -0.25) is 0 Å². The third-order valence-corrected chi connectivity index (χ3v) is 6.06. The van der Waals surface area contributed by atoms with E-state index in [0.717, 1.165) is 30.5 Å². The molecule has 1 N–H and O–H groups in total. The Hall–Kier alpha value is -1.78. The zero-order valence-corrected chi connectivity index (χ0v) is 17.8. The Bertz CT molecular complexity index is 889. The van der Waals surface area contributed by atoms with Gasteiger partial charge >= 0.3 is 0 Å². The van der Waals surface area contributed by atoms with Gasteiger partial charge in [0.1, 0.15) is 0 Å². The number of benzene rings is 2. The molecule has 144 valence electrons. The number of nitrogens with zero attached hydrogens (tertiary/aromatic N) is 2. The molecule has 0 aliphatic carbocycles. The number of nitrogens with one attached hydrogen (secondary N) is 1. The van der Waals surface area contributed by atoms with E-state index < -0.39 is 0 Å². The van der Waals surface area contributed by atoms with Gasteiger partial charge in [-0.05, 0) is 57.8 Å². The van der Waals surface area contributed by atoms with Crippen molar-refractivity contribution in [3.63, 3.8) is 0 Å². The first-order chi connectivity index (χ1) is 13.2. The maximum atomic E-state index is 4.96. The summed E-state index contributed by atoms with van der Waals surface area (Å²) in [4.78, 5) is 8.68. The van der Waals surface area contributed by atoms with Gasteiger partial charge in [-0.1, -0.05) is 44.2 Å². The molecular weight excluding hydrogens is 350 g/mol. The van der Waals surface area contributed by atoms with E-state index in [2.05, 4.69) is 79.7 Å². The molecule has 1 aromatic heterocycles. The van der Waals surface area contributed by atoms with E-state index in [1.54, 1.807) is 11.8 Å². The topological polar surface area (TPSA) is 28.2 Å². The van der Waals surface area contributed by atoms with Crippen LogP contribution in [0.4, 0.5) is 5.69 Å². The Labute approximate surface area is 167 Å². The average molecular weight is 382 g/mol. The van der Waals surface area contributed by atoms with Crippen LogP contribution >= 0.6 is 11.8 Å². The molecule has 0 saturated heterocycles. The minimum atomic E-state index is 0.424. The molecule has 3 nitrogen and oxygen atoms in total. The van der Waals surface area contributed by atoms with E-state index in [0.29, 0.717) is 6.04 Å². The summed E-state index contributed by atoms with van der Waals surface area (Å²) >= 11 is 1.76. The minimum absolute atomic E-state index is 0.424. The third-order valence-electron chi connectivity index (χ3n) is 5.29. The van der Waals surface area contributed by atoms with Crippen LogP contribution in [-0.2, 0) is 0 Å². The molecule has 0 bridgehead atoms. The van der Waals surface area contributed by atoms with Crippen molar-refractivity contribution in [2.75, 3.05) is 31.2 Å². The number of thioether (sulfide) groups is 1. The van der Waals surface area contributed by atoms with E-state index >= 15 is 0 Å². The summed E-state index contributed by atoms with van der Waals surface area (Å²) in [7, 11) is 0. The van der Waals surface area contributed by atoms with Gasteiger partial charge < -0.3 is 10.2 Å². The Morgan fingerprint density at radius 2 is 1.78 bits per heavy atom. The summed E-state index contributed by atoms with van der Waals surface area (Å²) in [6.45, 7) is 10.2. The van der Waals surface area contributed by atoms with Gasteiger partial charge in [-0.2, -0.15) is 0 Å². The highest BCUT2D eigenvalue weighted by atomic mass is 32.2. The molecular formula is C23H31N3S. The molecule has 0 fully saturated rings. The molecule has 1 unspecified atom stereocenters. The van der Waals surface area contributed by atoms with Crippen molar-refractivity contribution in [3.05, 3.63) is 42.5 Å². The van der Waals surface area contributed by atoms with Crippen molar-refractivity contribution < 1.29 is 0 Å². The zero-order chi connectivity index (χ0) is 19.2. The van der Waals surface area contributed by atoms with Crippen LogP contribution in [-0.4, -0.2) is 41.8 Å². The predicted molar refractivity (Wildman–Crippen MR) is 121 cm³/mol. The maximum Gasteiger partial charge on any atom is 0.0866 e. The summed E-state index contributed by atoms with van der Waals surface area (Å²) in [5.41, 5.74) is 3.38. The van der Waals surface area contributed by atoms with Crippen molar-refractivity contribution in [1.29, 1.82) is 0 Å². The van der Waals surface area contributed by atoms with Gasteiger partial charge in [0.05, 0.1) is 16.7 Å². The molecule has 2 aromatic carbocycles. The number of rotatable bonds is 9. The number of anilines is 1. The Morgan fingerprint density at radius 3 is 2.52 bits per heavy atom. The normalized spacial score (nSPS) is 12.8. The lowest BCUT2D eigenvalue weighted by Crippen LogP contribution is -2.25. The van der Waals surface area contributed by atoms with Gasteiger partial charge in [0.25, 0.3) is 0 Å². The number of para-hydroxylation sites is 2. The van der Waals surface area contributed by atoms with Crippen LogP contribution in [0.2, 0.25) is 0 Å². The van der Waals surface area contributed by atoms with Crippen LogP contribution in [0.3, 0.4) is 0 Å². The quantitative estimate of drug-likeness (QED) is 0.362. The first-order valence-corrected chi connectivity index (χ1v) is 11.2. The summed E-state index contributed by atoms with van der Waals surface area (Å²) in [5.74, 6) is 0. The molecule has 1 atom stereocenters. The third kappa shape index (κ3) is 4.56. The maximum absolute atomic E-state index is 4.96. The highest BCUT2D eigenvalue weighted by molar-refractivity contribution is 7.98. The standard InChI is InChI=1S/C23H31N3S/c1-5-26(6-2)16-10-11-17(3)24-22-18-12-7-8-14-20(18)25-23-19(22)13-9-15-21(23)27-4/h7-9,12-15,17H,5-6,10-11,16H2,1-4H3,(H,24,25). The van der Waals surface area contributed by atoms with Gasteiger partial charge in [0, 0.05) is 21.7 Å². The van der Waals surface area contributed by atoms with E-state index in [1.165, 1.54) is 34.3 Å². The molecule has 0 amide bonds. The Balaban J connectivity index is 1.89. The van der Waals surface area contributed by atoms with E-state index in [1.807, 2.05) is 0 Å². The molecule has 27 heavy (non-hydrogen) atoms. The highest BCUT2D eigenvalue weighted by Gasteiger charge is 2.13. The summed E-state index contributed by atoms with van der Waals surface area (Å²) in [6, 6.07) is 15.4. The fourth-order valence-electron chi connectivity index (χ4n) is 3.69. The van der Waals surface area contributed by atoms with Crippen LogP contribution in [0.5, 0.6) is 0 Å². The fourth-order valence-corrected chi connectivity index (χ4v) is 4.25. The smallest absolute Gasteiger partial charge is 0.0866 e. The highest BCUT2D eigenvalue weighted by Crippen LogP contribution is 2.35. The molecule has 0 radical (unpaired) electrons. The van der Waals surface area contributed by atoms with Crippen LogP contribution in [0.1, 0.15) is 33.6 Å². The number of pyridine rings is 1. The molecule has 4 heteroatoms. The Kier molecular flexibility index (Phi) is 6.97. The van der Waals surface area contributed by atoms with Crippen molar-refractivity contribution in [3.8, 4) is 0 Å². The van der Waals surface area contributed by atoms with Crippen molar-refractivity contribution in [2.45, 2.75) is 44.6 Å². The van der Waals surface area contributed by atoms with Crippen molar-refractivity contribution in [1.82, 2.24) is 9.88 Å². The molecule has 3 rings (SSSR count). The molecule has 3 aromatic rings. The van der Waals surface area contributed by atoms with Gasteiger partial charge in [0.15, 0.2) is 0 Å². The second kappa shape index (κ2) is 9.43. The van der Waals surface area contributed by atoms with E-state index in [9.17, 15) is 0 Å². The SMILES string of the molecule is CCN(CC)CCCC(C)Nc1c2ccccc2nc2c(SC)cccc12. The number of aromatic nitrogens is 1. The van der Waals surface area contributed by atoms with E-state index in [4.69, 9.17) is 4.98 Å². The Morgan fingerprint density at radius 1 is 1.04 bits per heavy atom. The molecule has 1 heterocycles. The molecule has 0 aliphatic rings. The predicted octanol–water partition coefficient (Wildman–Crippen LogP) is 6.03. The lowest BCUT2D eigenvalue weighted by molar-refractivity contribution is 0.295. The minimum Gasteiger partial charge on any atom is -0.381 e. The number of fused-ring (bicyclic) bond motifs is 2. The summed E-state index contributed by atoms with van der Waals surface area (Å²) < 4.78 is 0. The fraction of sp³-hybridized carbons (Fsp3) is 0.435. The lowest BCUT2D eigenvalue weighted by atomic mass is 10.1. The van der Waals surface area contributed by atoms with Crippen molar-refractivity contribution >= 4 is 39.3 Å². The van der Waals surface area contributed by atoms with Crippen LogP contribution in [0.25, 0.3) is 21.8 Å². The second-order valence-electron chi connectivity index (χ2n) is 7.07. The van der Waals surface area contributed by atoms with Gasteiger partial charge in [-0.25, -0.2) is 4.98 Å². The summed E-state index contributed by atoms with van der Waals surface area (Å²) in [5, 5.41) is 6.25. The first kappa shape index (κ1) is 20.0. The summed E-state index contributed by atoms with van der Waals surface area (Å²) in [6.07, 6.45) is 4.50. The van der Waals surface area contributed by atoms with Gasteiger partial charge in [-0.15, -0.1) is 11.8 Å². The molecule has 0 aliphatic heterocycles. The largest absolute Gasteiger partial charge is 0.381 e. The molecule has 0 saturated carbocycles. The number of hydrogen-bond donors (Lipinski definition) is 1. The van der Waals surface area contributed by atoms with Crippen LogP contribution in [0, 0.1) is 0 Å². The number of hydrogen-bond acceptors (Lipinski definition) is 4. The second-order valence-corrected chi connectivity index (χ2v) is 7.92. The lowest BCUT2D eigenvalue weighted by Gasteiger charge is -2.22. The first-order valence-electron chi connectivity index (χ1n) is 10.0. The monoisotopic (exact) mass is 381 g/mol. The average Bonchev–Trinajstić information content (AvgIpc) is 2.70. The van der Waals surface area contributed by atoms with Crippen molar-refractivity contribution in [2.24, 2.45) is 0 Å². The zero-order valence-electron chi connectivity index (χ0n) is 17.0. The van der Waals surface area contributed by atoms with Gasteiger partial charge in [0.2, 0.25) is 0 Å². The van der Waals surface area contributed by atoms with Crippen LogP contribution in [0.15, 0.2) is 47.4 Å².